The Bertz CT molecular complexity index is 699. The summed E-state index contributed by atoms with van der Waals surface area (Å²) in [5.41, 5.74) is 9.65. The molecule has 2 aromatic carbocycles. The lowest BCUT2D eigenvalue weighted by atomic mass is 10.1. The summed E-state index contributed by atoms with van der Waals surface area (Å²) in [7, 11) is 1.54. The van der Waals surface area contributed by atoms with Gasteiger partial charge in [0.25, 0.3) is 5.91 Å². The zero-order valence-electron chi connectivity index (χ0n) is 12.2. The van der Waals surface area contributed by atoms with E-state index in [1.165, 1.54) is 7.11 Å². The number of carbonyl (C=O) groups is 1. The molecule has 2 aromatic rings. The number of nitrogens with one attached hydrogen (secondary N) is 1. The zero-order chi connectivity index (χ0) is 15.6. The van der Waals surface area contributed by atoms with Crippen LogP contribution in [0.25, 0.3) is 0 Å². The maximum atomic E-state index is 12.4. The Morgan fingerprint density at radius 3 is 2.57 bits per heavy atom. The van der Waals surface area contributed by atoms with Crippen LogP contribution in [0.4, 0.5) is 11.4 Å². The molecule has 110 valence electrons. The van der Waals surface area contributed by atoms with E-state index in [0.717, 1.165) is 21.3 Å². The van der Waals surface area contributed by atoms with E-state index in [1.807, 2.05) is 26.0 Å². The second-order valence-corrected chi connectivity index (χ2v) is 5.74. The van der Waals surface area contributed by atoms with Crippen molar-refractivity contribution in [2.24, 2.45) is 0 Å². The van der Waals surface area contributed by atoms with Crippen LogP contribution in [0, 0.1) is 13.8 Å². The first-order valence-electron chi connectivity index (χ1n) is 6.44. The van der Waals surface area contributed by atoms with Crippen LogP contribution in [-0.4, -0.2) is 13.0 Å². The summed E-state index contributed by atoms with van der Waals surface area (Å²) in [4.78, 5) is 12.4. The molecule has 0 unspecified atom stereocenters. The molecule has 0 spiro atoms. The molecule has 0 saturated carbocycles. The first-order valence-corrected chi connectivity index (χ1v) is 7.23. The van der Waals surface area contributed by atoms with Crippen molar-refractivity contribution < 1.29 is 9.53 Å². The second-order valence-electron chi connectivity index (χ2n) is 4.82. The number of nitrogens with two attached hydrogens (primary N) is 1. The third kappa shape index (κ3) is 3.36. The number of methoxy groups -OCH3 is 1. The van der Waals surface area contributed by atoms with Gasteiger partial charge in [0, 0.05) is 15.8 Å². The lowest BCUT2D eigenvalue weighted by molar-refractivity contribution is 0.102. The lowest BCUT2D eigenvalue weighted by Gasteiger charge is -2.13. The second kappa shape index (κ2) is 6.18. The highest BCUT2D eigenvalue weighted by atomic mass is 79.9. The monoisotopic (exact) mass is 348 g/mol. The molecule has 0 saturated heterocycles. The van der Waals surface area contributed by atoms with Crippen LogP contribution in [0.1, 0.15) is 21.5 Å². The SMILES string of the molecule is COc1cc(Br)ccc1C(=O)Nc1cc(C)c(N)cc1C. The molecular weight excluding hydrogens is 332 g/mol. The predicted molar refractivity (Wildman–Crippen MR) is 89.0 cm³/mol. The average Bonchev–Trinajstić information content (AvgIpc) is 2.44. The number of benzene rings is 2. The topological polar surface area (TPSA) is 64.3 Å². The number of anilines is 2. The van der Waals surface area contributed by atoms with Gasteiger partial charge in [0.2, 0.25) is 0 Å². The van der Waals surface area contributed by atoms with Crippen molar-refractivity contribution in [2.45, 2.75) is 13.8 Å². The van der Waals surface area contributed by atoms with E-state index in [4.69, 9.17) is 10.5 Å². The molecule has 0 heterocycles. The number of amides is 1. The van der Waals surface area contributed by atoms with E-state index in [0.29, 0.717) is 17.0 Å². The van der Waals surface area contributed by atoms with Crippen LogP contribution < -0.4 is 15.8 Å². The molecule has 0 aliphatic carbocycles. The van der Waals surface area contributed by atoms with Crippen molar-refractivity contribution in [1.82, 2.24) is 0 Å². The van der Waals surface area contributed by atoms with Crippen LogP contribution in [-0.2, 0) is 0 Å². The molecule has 0 radical (unpaired) electrons. The first-order chi connectivity index (χ1) is 9.92. The van der Waals surface area contributed by atoms with Gasteiger partial charge in [0.05, 0.1) is 12.7 Å². The smallest absolute Gasteiger partial charge is 0.259 e. The normalized spacial score (nSPS) is 10.3. The van der Waals surface area contributed by atoms with Gasteiger partial charge in [0.1, 0.15) is 5.75 Å². The highest BCUT2D eigenvalue weighted by Crippen LogP contribution is 2.26. The highest BCUT2D eigenvalue weighted by molar-refractivity contribution is 9.10. The van der Waals surface area contributed by atoms with Crippen LogP contribution in [0.2, 0.25) is 0 Å². The number of carbonyl (C=O) groups excluding carboxylic acids is 1. The van der Waals surface area contributed by atoms with E-state index in [1.54, 1.807) is 18.2 Å². The van der Waals surface area contributed by atoms with Gasteiger partial charge in [-0.25, -0.2) is 0 Å². The number of hydrogen-bond acceptors (Lipinski definition) is 3. The van der Waals surface area contributed by atoms with Gasteiger partial charge in [-0.15, -0.1) is 0 Å². The van der Waals surface area contributed by atoms with Gasteiger partial charge in [-0.05, 0) is 55.3 Å². The Kier molecular flexibility index (Phi) is 4.53. The summed E-state index contributed by atoms with van der Waals surface area (Å²) in [5, 5.41) is 2.90. The van der Waals surface area contributed by atoms with Crippen LogP contribution >= 0.6 is 15.9 Å². The maximum Gasteiger partial charge on any atom is 0.259 e. The fourth-order valence-electron chi connectivity index (χ4n) is 2.02. The molecule has 0 aromatic heterocycles. The third-order valence-electron chi connectivity index (χ3n) is 3.27. The molecule has 1 amide bonds. The molecule has 0 atom stereocenters. The van der Waals surface area contributed by atoms with E-state index < -0.39 is 0 Å². The highest BCUT2D eigenvalue weighted by Gasteiger charge is 2.14. The van der Waals surface area contributed by atoms with Gasteiger partial charge < -0.3 is 15.8 Å². The molecule has 4 nitrogen and oxygen atoms in total. The van der Waals surface area contributed by atoms with Gasteiger partial charge in [-0.3, -0.25) is 4.79 Å². The number of ether oxygens (including phenoxy) is 1. The quantitative estimate of drug-likeness (QED) is 0.826. The third-order valence-corrected chi connectivity index (χ3v) is 3.76. The summed E-state index contributed by atoms with van der Waals surface area (Å²) < 4.78 is 6.10. The predicted octanol–water partition coefficient (Wildman–Crippen LogP) is 3.91. The molecule has 3 N–H and O–H groups in total. The standard InChI is InChI=1S/C16H17BrN2O2/c1-9-7-14(10(2)6-13(9)18)19-16(20)12-5-4-11(17)8-15(12)21-3/h4-8H,18H2,1-3H3,(H,19,20). The summed E-state index contributed by atoms with van der Waals surface area (Å²) in [6, 6.07) is 9.00. The number of hydrogen-bond donors (Lipinski definition) is 2. The number of aryl methyl sites for hydroxylation is 2. The molecule has 0 fully saturated rings. The van der Waals surface area contributed by atoms with E-state index >= 15 is 0 Å². The molecule has 5 heteroatoms. The molecule has 2 rings (SSSR count). The minimum atomic E-state index is -0.216. The largest absolute Gasteiger partial charge is 0.496 e. The van der Waals surface area contributed by atoms with Crippen LogP contribution in [0.3, 0.4) is 0 Å². The Morgan fingerprint density at radius 1 is 1.19 bits per heavy atom. The van der Waals surface area contributed by atoms with Crippen molar-refractivity contribution in [2.75, 3.05) is 18.2 Å². The van der Waals surface area contributed by atoms with E-state index in [9.17, 15) is 4.79 Å². The minimum Gasteiger partial charge on any atom is -0.496 e. The first kappa shape index (κ1) is 15.4. The van der Waals surface area contributed by atoms with Gasteiger partial charge in [0.15, 0.2) is 0 Å². The van der Waals surface area contributed by atoms with Gasteiger partial charge in [-0.2, -0.15) is 0 Å². The van der Waals surface area contributed by atoms with Gasteiger partial charge in [-0.1, -0.05) is 15.9 Å². The molecular formula is C16H17BrN2O2. The zero-order valence-corrected chi connectivity index (χ0v) is 13.7. The van der Waals surface area contributed by atoms with Crippen molar-refractivity contribution in [3.8, 4) is 5.75 Å². The van der Waals surface area contributed by atoms with Crippen molar-refractivity contribution in [3.05, 3.63) is 51.5 Å². The molecule has 21 heavy (non-hydrogen) atoms. The number of nitrogen functional groups attached to an aromatic ring is 1. The fraction of sp³-hybridized carbons (Fsp3) is 0.188. The van der Waals surface area contributed by atoms with Crippen LogP contribution in [0.5, 0.6) is 5.75 Å². The summed E-state index contributed by atoms with van der Waals surface area (Å²) in [5.74, 6) is 0.304. The minimum absolute atomic E-state index is 0.216. The lowest BCUT2D eigenvalue weighted by Crippen LogP contribution is -2.14. The Hall–Kier alpha value is -2.01. The Labute approximate surface area is 132 Å². The Balaban J connectivity index is 2.32. The Morgan fingerprint density at radius 2 is 1.90 bits per heavy atom. The number of rotatable bonds is 3. The summed E-state index contributed by atoms with van der Waals surface area (Å²) in [6.45, 7) is 3.81. The average molecular weight is 349 g/mol. The molecule has 0 aliphatic rings. The fourth-order valence-corrected chi connectivity index (χ4v) is 2.36. The van der Waals surface area contributed by atoms with Gasteiger partial charge >= 0.3 is 0 Å². The van der Waals surface area contributed by atoms with Crippen LogP contribution in [0.15, 0.2) is 34.8 Å². The van der Waals surface area contributed by atoms with Crippen molar-refractivity contribution >= 4 is 33.2 Å². The molecule has 0 bridgehead atoms. The summed E-state index contributed by atoms with van der Waals surface area (Å²) >= 11 is 3.36. The van der Waals surface area contributed by atoms with Crippen molar-refractivity contribution in [3.63, 3.8) is 0 Å². The maximum absolute atomic E-state index is 12.4. The van der Waals surface area contributed by atoms with E-state index in [2.05, 4.69) is 21.2 Å². The number of halogens is 1. The molecule has 0 aliphatic heterocycles. The van der Waals surface area contributed by atoms with E-state index in [-0.39, 0.29) is 5.91 Å². The summed E-state index contributed by atoms with van der Waals surface area (Å²) in [6.07, 6.45) is 0. The van der Waals surface area contributed by atoms with Crippen molar-refractivity contribution in [1.29, 1.82) is 0 Å².